The van der Waals surface area contributed by atoms with Gasteiger partial charge in [0, 0.05) is 14.1 Å². The van der Waals surface area contributed by atoms with Gasteiger partial charge in [0.15, 0.2) is 0 Å². The fraction of sp³-hybridized carbons (Fsp3) is 0.333. The van der Waals surface area contributed by atoms with Crippen LogP contribution < -0.4 is 10.6 Å². The number of imide groups is 1. The highest BCUT2D eigenvalue weighted by Gasteiger charge is 2.32. The smallest absolute Gasteiger partial charge is 0.322 e. The molecule has 1 unspecified atom stereocenters. The third kappa shape index (κ3) is 2.87. The monoisotopic (exact) mass is 315 g/mol. The van der Waals surface area contributed by atoms with E-state index in [1.807, 2.05) is 35.9 Å². The van der Waals surface area contributed by atoms with Gasteiger partial charge in [-0.2, -0.15) is 0 Å². The zero-order valence-corrected chi connectivity index (χ0v) is 12.9. The van der Waals surface area contributed by atoms with Crippen LogP contribution in [0.15, 0.2) is 24.3 Å². The lowest BCUT2D eigenvalue weighted by molar-refractivity contribution is -0.133. The van der Waals surface area contributed by atoms with Crippen LogP contribution in [0.1, 0.15) is 12.2 Å². The number of urea groups is 1. The molecule has 23 heavy (non-hydrogen) atoms. The van der Waals surface area contributed by atoms with Gasteiger partial charge in [0.2, 0.25) is 5.91 Å². The Kier molecular flexibility index (Phi) is 3.73. The zero-order valence-electron chi connectivity index (χ0n) is 12.9. The number of aryl methyl sites for hydroxylation is 1. The lowest BCUT2D eigenvalue weighted by Gasteiger charge is -2.18. The van der Waals surface area contributed by atoms with Crippen LogP contribution in [0.4, 0.5) is 4.79 Å². The van der Waals surface area contributed by atoms with Gasteiger partial charge in [-0.15, -0.1) is 0 Å². The molecule has 4 amide bonds. The predicted molar refractivity (Wildman–Crippen MR) is 82.3 cm³/mol. The average molecular weight is 315 g/mol. The number of hydrogen-bond acceptors (Lipinski definition) is 4. The number of imidazole rings is 1. The Bertz CT molecular complexity index is 798. The van der Waals surface area contributed by atoms with Crippen molar-refractivity contribution in [1.29, 1.82) is 0 Å². The second-order valence-electron chi connectivity index (χ2n) is 5.54. The minimum atomic E-state index is -0.808. The molecule has 1 fully saturated rings. The van der Waals surface area contributed by atoms with Crippen LogP contribution in [-0.2, 0) is 23.2 Å². The van der Waals surface area contributed by atoms with E-state index in [0.29, 0.717) is 6.54 Å². The molecule has 8 heteroatoms. The fourth-order valence-corrected chi connectivity index (χ4v) is 2.57. The molecule has 1 aromatic carbocycles. The maximum absolute atomic E-state index is 12.2. The summed E-state index contributed by atoms with van der Waals surface area (Å²) in [5.41, 5.74) is 1.86. The van der Waals surface area contributed by atoms with Crippen molar-refractivity contribution in [3.8, 4) is 0 Å². The first kappa shape index (κ1) is 15.0. The van der Waals surface area contributed by atoms with Crippen molar-refractivity contribution in [1.82, 2.24) is 25.1 Å². The van der Waals surface area contributed by atoms with Crippen molar-refractivity contribution in [3.63, 3.8) is 0 Å². The number of para-hydroxylation sites is 2. The standard InChI is InChI=1S/C15H17N5O3/c1-19(13(21)7-10-14(22)18-15(23)17-10)8-12-16-9-5-3-4-6-11(9)20(12)2/h3-6,10H,7-8H2,1-2H3,(H2,17,18,22,23). The Labute approximate surface area is 132 Å². The second kappa shape index (κ2) is 5.71. The fourth-order valence-electron chi connectivity index (χ4n) is 2.57. The summed E-state index contributed by atoms with van der Waals surface area (Å²) in [5, 5.41) is 4.53. The number of carbonyl (C=O) groups is 3. The number of amides is 4. The Morgan fingerprint density at radius 2 is 2.09 bits per heavy atom. The van der Waals surface area contributed by atoms with E-state index in [1.165, 1.54) is 4.90 Å². The topological polar surface area (TPSA) is 96.3 Å². The minimum Gasteiger partial charge on any atom is -0.338 e. The van der Waals surface area contributed by atoms with E-state index >= 15 is 0 Å². The normalized spacial score (nSPS) is 17.2. The first-order valence-electron chi connectivity index (χ1n) is 7.21. The Hall–Kier alpha value is -2.90. The maximum atomic E-state index is 12.2. The highest BCUT2D eigenvalue weighted by molar-refractivity contribution is 6.05. The number of rotatable bonds is 4. The molecule has 0 spiro atoms. The molecule has 0 aliphatic carbocycles. The first-order valence-corrected chi connectivity index (χ1v) is 7.21. The summed E-state index contributed by atoms with van der Waals surface area (Å²) >= 11 is 0. The molecule has 8 nitrogen and oxygen atoms in total. The molecule has 0 bridgehead atoms. The molecular weight excluding hydrogens is 298 g/mol. The Morgan fingerprint density at radius 1 is 1.35 bits per heavy atom. The van der Waals surface area contributed by atoms with Gasteiger partial charge in [-0.1, -0.05) is 12.1 Å². The molecule has 1 aliphatic rings. The number of fused-ring (bicyclic) bond motifs is 1. The van der Waals surface area contributed by atoms with E-state index < -0.39 is 18.0 Å². The molecular formula is C15H17N5O3. The van der Waals surface area contributed by atoms with E-state index in [1.54, 1.807) is 7.05 Å². The van der Waals surface area contributed by atoms with E-state index in [0.717, 1.165) is 16.9 Å². The second-order valence-corrected chi connectivity index (χ2v) is 5.54. The lowest BCUT2D eigenvalue weighted by Crippen LogP contribution is -2.37. The van der Waals surface area contributed by atoms with Gasteiger partial charge >= 0.3 is 6.03 Å². The number of hydrogen-bond donors (Lipinski definition) is 2. The van der Waals surface area contributed by atoms with Crippen molar-refractivity contribution in [2.75, 3.05) is 7.05 Å². The third-order valence-corrected chi connectivity index (χ3v) is 3.92. The Balaban J connectivity index is 1.69. The number of carbonyl (C=O) groups excluding carboxylic acids is 3. The molecule has 0 radical (unpaired) electrons. The molecule has 1 aromatic heterocycles. The summed E-state index contributed by atoms with van der Waals surface area (Å²) in [6.45, 7) is 0.326. The molecule has 0 saturated carbocycles. The van der Waals surface area contributed by atoms with Gasteiger partial charge < -0.3 is 14.8 Å². The molecule has 1 atom stereocenters. The number of aromatic nitrogens is 2. The van der Waals surface area contributed by atoms with Crippen molar-refractivity contribution >= 4 is 28.9 Å². The predicted octanol–water partition coefficient (Wildman–Crippen LogP) is 0.130. The number of nitrogens with zero attached hydrogens (tertiary/aromatic N) is 3. The highest BCUT2D eigenvalue weighted by atomic mass is 16.2. The summed E-state index contributed by atoms with van der Waals surface area (Å²) < 4.78 is 1.93. The molecule has 2 aromatic rings. The largest absolute Gasteiger partial charge is 0.338 e. The number of nitrogens with one attached hydrogen (secondary N) is 2. The molecule has 1 saturated heterocycles. The van der Waals surface area contributed by atoms with Crippen LogP contribution in [0.25, 0.3) is 11.0 Å². The molecule has 2 N–H and O–H groups in total. The SMILES string of the molecule is CN(Cc1nc2ccccc2n1C)C(=O)CC1NC(=O)NC1=O. The summed E-state index contributed by atoms with van der Waals surface area (Å²) in [5.74, 6) is 0.0424. The van der Waals surface area contributed by atoms with Gasteiger partial charge in [0.1, 0.15) is 11.9 Å². The molecule has 2 heterocycles. The molecule has 120 valence electrons. The first-order chi connectivity index (χ1) is 11.0. The molecule has 3 rings (SSSR count). The van der Waals surface area contributed by atoms with Crippen molar-refractivity contribution < 1.29 is 14.4 Å². The molecule has 1 aliphatic heterocycles. The zero-order chi connectivity index (χ0) is 16.6. The van der Waals surface area contributed by atoms with Crippen LogP contribution in [-0.4, -0.2) is 45.4 Å². The van der Waals surface area contributed by atoms with Gasteiger partial charge in [-0.05, 0) is 12.1 Å². The minimum absolute atomic E-state index is 0.0714. The van der Waals surface area contributed by atoms with Crippen LogP contribution in [0.5, 0.6) is 0 Å². The van der Waals surface area contributed by atoms with Crippen LogP contribution >= 0.6 is 0 Å². The Morgan fingerprint density at radius 3 is 2.74 bits per heavy atom. The van der Waals surface area contributed by atoms with Crippen LogP contribution in [0, 0.1) is 0 Å². The average Bonchev–Trinajstić information content (AvgIpc) is 2.99. The summed E-state index contributed by atoms with van der Waals surface area (Å²) in [6, 6.07) is 6.36. The third-order valence-electron chi connectivity index (χ3n) is 3.92. The van der Waals surface area contributed by atoms with E-state index in [9.17, 15) is 14.4 Å². The van der Waals surface area contributed by atoms with E-state index in [-0.39, 0.29) is 12.3 Å². The lowest BCUT2D eigenvalue weighted by atomic mass is 10.2. The van der Waals surface area contributed by atoms with Crippen molar-refractivity contribution in [2.45, 2.75) is 19.0 Å². The van der Waals surface area contributed by atoms with E-state index in [4.69, 9.17) is 0 Å². The van der Waals surface area contributed by atoms with Crippen molar-refractivity contribution in [2.24, 2.45) is 7.05 Å². The van der Waals surface area contributed by atoms with Gasteiger partial charge in [0.05, 0.1) is 24.0 Å². The summed E-state index contributed by atoms with van der Waals surface area (Å²) in [4.78, 5) is 40.8. The van der Waals surface area contributed by atoms with Crippen LogP contribution in [0.2, 0.25) is 0 Å². The van der Waals surface area contributed by atoms with E-state index in [2.05, 4.69) is 15.6 Å². The highest BCUT2D eigenvalue weighted by Crippen LogP contribution is 2.15. The van der Waals surface area contributed by atoms with Gasteiger partial charge in [-0.3, -0.25) is 14.9 Å². The van der Waals surface area contributed by atoms with Gasteiger partial charge in [-0.25, -0.2) is 9.78 Å². The summed E-state index contributed by atoms with van der Waals surface area (Å²) in [7, 11) is 3.55. The van der Waals surface area contributed by atoms with Crippen molar-refractivity contribution in [3.05, 3.63) is 30.1 Å². The quantitative estimate of drug-likeness (QED) is 0.784. The van der Waals surface area contributed by atoms with Gasteiger partial charge in [0.25, 0.3) is 5.91 Å². The summed E-state index contributed by atoms with van der Waals surface area (Å²) in [6.07, 6.45) is -0.0714. The maximum Gasteiger partial charge on any atom is 0.322 e. The van der Waals surface area contributed by atoms with Crippen LogP contribution in [0.3, 0.4) is 0 Å². The number of benzene rings is 1.